The number of alkyl halides is 3. The van der Waals surface area contributed by atoms with E-state index in [1.54, 1.807) is 0 Å². The summed E-state index contributed by atoms with van der Waals surface area (Å²) >= 11 is 1.28. The summed E-state index contributed by atoms with van der Waals surface area (Å²) in [7, 11) is 0. The Morgan fingerprint density at radius 3 is 2.74 bits per heavy atom. The molecule has 0 unspecified atom stereocenters. The molecular weight excluding hydrogens is 331 g/mol. The zero-order valence-corrected chi connectivity index (χ0v) is 13.0. The molecule has 126 valence electrons. The average molecular weight is 347 g/mol. The Balaban J connectivity index is 1.51. The van der Waals surface area contributed by atoms with E-state index in [9.17, 15) is 18.0 Å². The lowest BCUT2D eigenvalue weighted by molar-refractivity contribution is -0.148. The summed E-state index contributed by atoms with van der Waals surface area (Å²) in [5.74, 6) is 0.302. The standard InChI is InChI=1S/C13H16F3N5OS/c14-13(15,16)8-20-5-2-9(3-6-20)7-18-11-19-21-10(22)1-4-17-12(21)23-11/h1,4,9H,2-3,5-8H2,(H,18,19). The van der Waals surface area contributed by atoms with Gasteiger partial charge in [0.1, 0.15) is 0 Å². The molecule has 6 nitrogen and oxygen atoms in total. The Kier molecular flexibility index (Phi) is 4.53. The molecule has 1 N–H and O–H groups in total. The van der Waals surface area contributed by atoms with Gasteiger partial charge in [-0.25, -0.2) is 4.98 Å². The van der Waals surface area contributed by atoms with Crippen LogP contribution in [0.2, 0.25) is 0 Å². The zero-order chi connectivity index (χ0) is 16.4. The summed E-state index contributed by atoms with van der Waals surface area (Å²) in [6, 6.07) is 1.34. The minimum absolute atomic E-state index is 0.236. The van der Waals surface area contributed by atoms with Crippen LogP contribution >= 0.6 is 11.3 Å². The van der Waals surface area contributed by atoms with E-state index in [4.69, 9.17) is 0 Å². The Morgan fingerprint density at radius 1 is 1.35 bits per heavy atom. The largest absolute Gasteiger partial charge is 0.401 e. The van der Waals surface area contributed by atoms with Gasteiger partial charge in [0.25, 0.3) is 5.56 Å². The third kappa shape index (κ3) is 4.20. The van der Waals surface area contributed by atoms with Gasteiger partial charge in [-0.15, -0.1) is 5.10 Å². The van der Waals surface area contributed by atoms with Crippen molar-refractivity contribution in [3.8, 4) is 0 Å². The maximum Gasteiger partial charge on any atom is 0.401 e. The van der Waals surface area contributed by atoms with E-state index >= 15 is 0 Å². The summed E-state index contributed by atoms with van der Waals surface area (Å²) < 4.78 is 38.3. The van der Waals surface area contributed by atoms with E-state index in [-0.39, 0.29) is 5.56 Å². The molecule has 2 aromatic rings. The number of fused-ring (bicyclic) bond motifs is 1. The predicted molar refractivity (Wildman–Crippen MR) is 80.8 cm³/mol. The van der Waals surface area contributed by atoms with Crippen molar-refractivity contribution in [3.63, 3.8) is 0 Å². The van der Waals surface area contributed by atoms with E-state index in [0.29, 0.717) is 48.5 Å². The van der Waals surface area contributed by atoms with Gasteiger partial charge in [-0.3, -0.25) is 9.69 Å². The fourth-order valence-electron chi connectivity index (χ4n) is 2.65. The predicted octanol–water partition coefficient (Wildman–Crippen LogP) is 1.84. The second-order valence-corrected chi connectivity index (χ2v) is 6.56. The van der Waals surface area contributed by atoms with Crippen LogP contribution in [0, 0.1) is 5.92 Å². The van der Waals surface area contributed by atoms with Crippen LogP contribution in [0.1, 0.15) is 12.8 Å². The molecule has 23 heavy (non-hydrogen) atoms. The zero-order valence-electron chi connectivity index (χ0n) is 12.2. The molecule has 0 spiro atoms. The number of nitrogens with one attached hydrogen (secondary N) is 1. The number of likely N-dealkylation sites (tertiary alicyclic amines) is 1. The van der Waals surface area contributed by atoms with Gasteiger partial charge in [-0.1, -0.05) is 11.3 Å². The molecule has 1 fully saturated rings. The quantitative estimate of drug-likeness (QED) is 0.914. The normalized spacial score (nSPS) is 17.7. The topological polar surface area (TPSA) is 62.5 Å². The average Bonchev–Trinajstić information content (AvgIpc) is 2.89. The first kappa shape index (κ1) is 16.2. The number of hydrogen-bond donors (Lipinski definition) is 1. The molecule has 0 aliphatic carbocycles. The maximum atomic E-state index is 12.3. The van der Waals surface area contributed by atoms with Gasteiger partial charge in [0, 0.05) is 18.8 Å². The summed E-state index contributed by atoms with van der Waals surface area (Å²) in [4.78, 5) is 17.6. The minimum atomic E-state index is -4.13. The molecular formula is C13H16F3N5OS. The number of nitrogens with zero attached hydrogens (tertiary/aromatic N) is 4. The molecule has 0 amide bonds. The van der Waals surface area contributed by atoms with Crippen LogP contribution in [0.3, 0.4) is 0 Å². The number of rotatable bonds is 4. The molecule has 1 saturated heterocycles. The lowest BCUT2D eigenvalue weighted by Gasteiger charge is -2.32. The number of piperidine rings is 1. The van der Waals surface area contributed by atoms with Gasteiger partial charge < -0.3 is 5.32 Å². The van der Waals surface area contributed by atoms with Crippen LogP contribution in [0.15, 0.2) is 17.1 Å². The van der Waals surface area contributed by atoms with Crippen molar-refractivity contribution in [2.75, 3.05) is 31.5 Å². The van der Waals surface area contributed by atoms with Crippen molar-refractivity contribution >= 4 is 21.4 Å². The molecule has 1 aliphatic rings. The van der Waals surface area contributed by atoms with Crippen molar-refractivity contribution < 1.29 is 13.2 Å². The fourth-order valence-corrected chi connectivity index (χ4v) is 3.43. The lowest BCUT2D eigenvalue weighted by atomic mass is 9.97. The van der Waals surface area contributed by atoms with Gasteiger partial charge in [0.2, 0.25) is 10.1 Å². The van der Waals surface area contributed by atoms with Crippen molar-refractivity contribution in [3.05, 3.63) is 22.6 Å². The highest BCUT2D eigenvalue weighted by Gasteiger charge is 2.32. The molecule has 2 aromatic heterocycles. The first-order valence-electron chi connectivity index (χ1n) is 7.28. The second-order valence-electron chi connectivity index (χ2n) is 5.60. The van der Waals surface area contributed by atoms with Crippen LogP contribution < -0.4 is 10.9 Å². The summed E-state index contributed by atoms with van der Waals surface area (Å²) in [6.07, 6.45) is -1.26. The Labute approximate surface area is 133 Å². The van der Waals surface area contributed by atoms with Gasteiger partial charge in [-0.05, 0) is 31.8 Å². The van der Waals surface area contributed by atoms with Crippen LogP contribution in [0.4, 0.5) is 18.3 Å². The fraction of sp³-hybridized carbons (Fsp3) is 0.615. The summed E-state index contributed by atoms with van der Waals surface area (Å²) in [5.41, 5.74) is -0.236. The van der Waals surface area contributed by atoms with E-state index in [1.807, 2.05) is 0 Å². The lowest BCUT2D eigenvalue weighted by Crippen LogP contribution is -2.41. The van der Waals surface area contributed by atoms with E-state index in [2.05, 4.69) is 15.4 Å². The first-order valence-corrected chi connectivity index (χ1v) is 8.10. The summed E-state index contributed by atoms with van der Waals surface area (Å²) in [5, 5.41) is 7.91. The van der Waals surface area contributed by atoms with Crippen molar-refractivity contribution in [1.82, 2.24) is 19.5 Å². The summed E-state index contributed by atoms with van der Waals surface area (Å²) in [6.45, 7) is 0.702. The van der Waals surface area contributed by atoms with Crippen LogP contribution in [-0.2, 0) is 0 Å². The van der Waals surface area contributed by atoms with Gasteiger partial charge >= 0.3 is 6.18 Å². The Hall–Kier alpha value is -1.68. The molecule has 0 radical (unpaired) electrons. The van der Waals surface area contributed by atoms with Gasteiger partial charge in [0.15, 0.2) is 0 Å². The Morgan fingerprint density at radius 2 is 2.09 bits per heavy atom. The Bertz CT molecular complexity index is 720. The molecule has 0 bridgehead atoms. The molecule has 1 aliphatic heterocycles. The van der Waals surface area contributed by atoms with Crippen molar-refractivity contribution in [2.24, 2.45) is 5.92 Å². The second kappa shape index (κ2) is 6.44. The molecule has 3 rings (SSSR count). The third-order valence-electron chi connectivity index (χ3n) is 3.82. The minimum Gasteiger partial charge on any atom is -0.360 e. The van der Waals surface area contributed by atoms with Crippen LogP contribution in [0.5, 0.6) is 0 Å². The third-order valence-corrected chi connectivity index (χ3v) is 4.70. The highest BCUT2D eigenvalue weighted by atomic mass is 32.1. The maximum absolute atomic E-state index is 12.3. The van der Waals surface area contributed by atoms with E-state index in [1.165, 1.54) is 33.0 Å². The monoisotopic (exact) mass is 347 g/mol. The number of halogens is 3. The van der Waals surface area contributed by atoms with Gasteiger partial charge in [-0.2, -0.15) is 17.7 Å². The molecule has 10 heteroatoms. The van der Waals surface area contributed by atoms with Crippen molar-refractivity contribution in [1.29, 1.82) is 0 Å². The van der Waals surface area contributed by atoms with E-state index < -0.39 is 12.7 Å². The molecule has 3 heterocycles. The van der Waals surface area contributed by atoms with Crippen LogP contribution in [-0.4, -0.2) is 51.9 Å². The van der Waals surface area contributed by atoms with E-state index in [0.717, 1.165) is 0 Å². The van der Waals surface area contributed by atoms with Crippen LogP contribution in [0.25, 0.3) is 4.96 Å². The molecule has 0 atom stereocenters. The molecule has 0 saturated carbocycles. The highest BCUT2D eigenvalue weighted by molar-refractivity contribution is 7.20. The number of aromatic nitrogens is 3. The smallest absolute Gasteiger partial charge is 0.360 e. The first-order chi connectivity index (χ1) is 10.9. The highest BCUT2D eigenvalue weighted by Crippen LogP contribution is 2.23. The number of anilines is 1. The van der Waals surface area contributed by atoms with Crippen molar-refractivity contribution in [2.45, 2.75) is 19.0 Å². The SMILES string of the molecule is O=c1ccnc2sc(NCC3CCN(CC(F)(F)F)CC3)nn12. The molecule has 0 aromatic carbocycles. The van der Waals surface area contributed by atoms with Gasteiger partial charge in [0.05, 0.1) is 6.54 Å². The number of hydrogen-bond acceptors (Lipinski definition) is 6.